The number of nitrogen functional groups attached to an aromatic ring is 2. The number of rotatable bonds is 2. The first-order chi connectivity index (χ1) is 14.2. The van der Waals surface area contributed by atoms with Crippen LogP contribution in [0.5, 0.6) is 0 Å². The van der Waals surface area contributed by atoms with Crippen LogP contribution in [0.4, 0.5) is 11.4 Å². The molecule has 0 fully saturated rings. The van der Waals surface area contributed by atoms with Crippen molar-refractivity contribution in [2.45, 2.75) is 0 Å². The summed E-state index contributed by atoms with van der Waals surface area (Å²) in [5, 5.41) is 0. The summed E-state index contributed by atoms with van der Waals surface area (Å²) in [5.41, 5.74) is 17.9. The molecule has 0 aliphatic heterocycles. The molecule has 4 aromatic rings. The monoisotopic (exact) mass is 402 g/mol. The van der Waals surface area contributed by atoms with Crippen molar-refractivity contribution in [1.82, 2.24) is 0 Å². The number of hydrogen-bond acceptors (Lipinski definition) is 4. The van der Waals surface area contributed by atoms with E-state index in [2.05, 4.69) is 24.3 Å². The Hall–Kier alpha value is -3.70. The highest BCUT2D eigenvalue weighted by atomic mass is 32.1. The number of anilines is 2. The lowest BCUT2D eigenvalue weighted by atomic mass is 10.0. The third-order valence-corrected chi connectivity index (χ3v) is 4.09. The summed E-state index contributed by atoms with van der Waals surface area (Å²) in [7, 11) is 0. The Morgan fingerprint density at radius 2 is 0.724 bits per heavy atom. The number of nitrogens with two attached hydrogens (primary N) is 2. The normalized spacial score (nSPS) is 9.24. The summed E-state index contributed by atoms with van der Waals surface area (Å²) >= 11 is -0.750. The molecule has 0 aliphatic rings. The van der Waals surface area contributed by atoms with E-state index in [0.29, 0.717) is 0 Å². The zero-order valence-corrected chi connectivity index (χ0v) is 16.6. The molecule has 0 saturated carbocycles. The predicted molar refractivity (Wildman–Crippen MR) is 122 cm³/mol. The summed E-state index contributed by atoms with van der Waals surface area (Å²) in [6.45, 7) is 0. The van der Waals surface area contributed by atoms with Gasteiger partial charge < -0.3 is 11.5 Å². The highest BCUT2D eigenvalue weighted by Gasteiger charge is 1.99. The van der Waals surface area contributed by atoms with Gasteiger partial charge in [0.05, 0.1) is 0 Å². The average Bonchev–Trinajstić information content (AvgIpc) is 2.77. The third kappa shape index (κ3) is 6.75. The predicted octanol–water partition coefficient (Wildman–Crippen LogP) is 5.20. The summed E-state index contributed by atoms with van der Waals surface area (Å²) < 4.78 is 16.6. The van der Waals surface area contributed by atoms with Gasteiger partial charge in [-0.25, -0.2) is 0 Å². The molecule has 0 amide bonds. The number of benzene rings is 4. The molecule has 146 valence electrons. The van der Waals surface area contributed by atoms with Gasteiger partial charge in [-0.1, -0.05) is 97.1 Å². The van der Waals surface area contributed by atoms with Crippen molar-refractivity contribution in [2.75, 3.05) is 11.5 Å². The van der Waals surface area contributed by atoms with Crippen LogP contribution in [0.1, 0.15) is 0 Å². The van der Waals surface area contributed by atoms with Crippen LogP contribution in [-0.4, -0.2) is 8.42 Å². The molecule has 4 N–H and O–H groups in total. The van der Waals surface area contributed by atoms with E-state index in [1.165, 1.54) is 11.1 Å². The molecule has 0 heterocycles. The first kappa shape index (κ1) is 21.6. The van der Waals surface area contributed by atoms with Crippen molar-refractivity contribution < 1.29 is 8.42 Å². The lowest BCUT2D eigenvalue weighted by Gasteiger charge is -2.03. The molecule has 0 aliphatic carbocycles. The maximum absolute atomic E-state index is 8.29. The maximum Gasteiger partial charge on any atom is 0.335 e. The van der Waals surface area contributed by atoms with Crippen LogP contribution in [-0.2, 0) is 11.6 Å². The standard InChI is InChI=1S/2C12H11N.O2S/c2*13-12-9-5-4-8-11(12)10-6-2-1-3-7-10;1-3-2/h2*1-9H,13H2;. The number of para-hydroxylation sites is 2. The fourth-order valence-electron chi connectivity index (χ4n) is 2.76. The van der Waals surface area contributed by atoms with Crippen LogP contribution in [0.3, 0.4) is 0 Å². The van der Waals surface area contributed by atoms with E-state index in [0.717, 1.165) is 22.5 Å². The molecule has 0 bridgehead atoms. The molecule has 4 aromatic carbocycles. The van der Waals surface area contributed by atoms with Crippen LogP contribution < -0.4 is 11.5 Å². The second-order valence-corrected chi connectivity index (χ2v) is 6.11. The van der Waals surface area contributed by atoms with E-state index in [4.69, 9.17) is 19.9 Å². The van der Waals surface area contributed by atoms with E-state index in [1.54, 1.807) is 0 Å². The van der Waals surface area contributed by atoms with Crippen molar-refractivity contribution in [1.29, 1.82) is 0 Å². The van der Waals surface area contributed by atoms with Gasteiger partial charge >= 0.3 is 11.6 Å². The Labute approximate surface area is 174 Å². The van der Waals surface area contributed by atoms with Crippen LogP contribution in [0.2, 0.25) is 0 Å². The Morgan fingerprint density at radius 1 is 0.448 bits per heavy atom. The fourth-order valence-corrected chi connectivity index (χ4v) is 2.76. The van der Waals surface area contributed by atoms with Gasteiger partial charge in [0.1, 0.15) is 0 Å². The molecule has 4 nitrogen and oxygen atoms in total. The molecule has 0 unspecified atom stereocenters. The highest BCUT2D eigenvalue weighted by Crippen LogP contribution is 2.25. The van der Waals surface area contributed by atoms with Gasteiger partial charge in [0.25, 0.3) is 0 Å². The minimum absolute atomic E-state index is 0.750. The maximum atomic E-state index is 8.29. The Balaban J connectivity index is 0.000000183. The zero-order valence-electron chi connectivity index (χ0n) is 15.8. The van der Waals surface area contributed by atoms with Gasteiger partial charge in [-0.15, -0.1) is 0 Å². The molecule has 4 rings (SSSR count). The molecule has 0 spiro atoms. The Kier molecular flexibility index (Phi) is 8.86. The van der Waals surface area contributed by atoms with Gasteiger partial charge in [0, 0.05) is 22.5 Å². The van der Waals surface area contributed by atoms with Crippen molar-refractivity contribution >= 4 is 22.9 Å². The van der Waals surface area contributed by atoms with Gasteiger partial charge in [-0.05, 0) is 23.3 Å². The minimum Gasteiger partial charge on any atom is -0.398 e. The smallest absolute Gasteiger partial charge is 0.335 e. The van der Waals surface area contributed by atoms with Crippen LogP contribution >= 0.6 is 0 Å². The van der Waals surface area contributed by atoms with E-state index >= 15 is 0 Å². The average molecular weight is 403 g/mol. The second kappa shape index (κ2) is 11.9. The van der Waals surface area contributed by atoms with Crippen molar-refractivity contribution in [2.24, 2.45) is 0 Å². The Morgan fingerprint density at radius 3 is 1.03 bits per heavy atom. The highest BCUT2D eigenvalue weighted by molar-refractivity contribution is 7.51. The van der Waals surface area contributed by atoms with E-state index < -0.39 is 11.6 Å². The summed E-state index contributed by atoms with van der Waals surface area (Å²) in [5.74, 6) is 0. The van der Waals surface area contributed by atoms with Crippen molar-refractivity contribution in [3.05, 3.63) is 109 Å². The molecular formula is C24H22N2O2S. The summed E-state index contributed by atoms with van der Waals surface area (Å²) in [6, 6.07) is 36.1. The van der Waals surface area contributed by atoms with Crippen LogP contribution in [0.25, 0.3) is 22.3 Å². The van der Waals surface area contributed by atoms with E-state index in [-0.39, 0.29) is 0 Å². The topological polar surface area (TPSA) is 86.2 Å². The van der Waals surface area contributed by atoms with Gasteiger partial charge in [0.2, 0.25) is 0 Å². The van der Waals surface area contributed by atoms with Crippen molar-refractivity contribution in [3.8, 4) is 22.3 Å². The molecule has 5 heteroatoms. The summed E-state index contributed by atoms with van der Waals surface area (Å²) in [6.07, 6.45) is 0. The van der Waals surface area contributed by atoms with Gasteiger partial charge in [-0.3, -0.25) is 0 Å². The number of hydrogen-bond donors (Lipinski definition) is 2. The lowest BCUT2D eigenvalue weighted by molar-refractivity contribution is 0.630. The lowest BCUT2D eigenvalue weighted by Crippen LogP contribution is -1.88. The SMILES string of the molecule is Nc1ccccc1-c1ccccc1.Nc1ccccc1-c1ccccc1.O=S=O. The molecular weight excluding hydrogens is 380 g/mol. The zero-order chi connectivity index (χ0) is 20.9. The second-order valence-electron chi connectivity index (χ2n) is 5.97. The van der Waals surface area contributed by atoms with Gasteiger partial charge in [0.15, 0.2) is 0 Å². The largest absolute Gasteiger partial charge is 0.398 e. The van der Waals surface area contributed by atoms with Crippen LogP contribution in [0, 0.1) is 0 Å². The molecule has 0 aromatic heterocycles. The Bertz CT molecular complexity index is 967. The molecule has 0 saturated heterocycles. The molecule has 0 radical (unpaired) electrons. The molecule has 0 atom stereocenters. The third-order valence-electron chi connectivity index (χ3n) is 4.09. The quantitative estimate of drug-likeness (QED) is 0.451. The summed E-state index contributed by atoms with van der Waals surface area (Å²) in [4.78, 5) is 0. The van der Waals surface area contributed by atoms with Gasteiger partial charge in [-0.2, -0.15) is 8.42 Å². The van der Waals surface area contributed by atoms with E-state index in [1.807, 2.05) is 84.9 Å². The fraction of sp³-hybridized carbons (Fsp3) is 0. The van der Waals surface area contributed by atoms with E-state index in [9.17, 15) is 0 Å². The molecule has 29 heavy (non-hydrogen) atoms. The van der Waals surface area contributed by atoms with Crippen molar-refractivity contribution in [3.63, 3.8) is 0 Å². The minimum atomic E-state index is -0.750. The first-order valence-corrected chi connectivity index (χ1v) is 9.55. The van der Waals surface area contributed by atoms with Crippen LogP contribution in [0.15, 0.2) is 109 Å². The first-order valence-electron chi connectivity index (χ1n) is 8.89.